The summed E-state index contributed by atoms with van der Waals surface area (Å²) in [6.45, 7) is 10.0. The summed E-state index contributed by atoms with van der Waals surface area (Å²) in [5.41, 5.74) is 1.17. The smallest absolute Gasteiger partial charge is 0.315 e. The third kappa shape index (κ3) is 6.82. The first-order chi connectivity index (χ1) is 16.5. The molecule has 1 heterocycles. The van der Waals surface area contributed by atoms with Crippen LogP contribution >= 0.6 is 11.6 Å². The van der Waals surface area contributed by atoms with Gasteiger partial charge >= 0.3 is 6.03 Å². The number of nitrogens with zero attached hydrogens (tertiary/aromatic N) is 3. The Morgan fingerprint density at radius 2 is 1.74 bits per heavy atom. The molecule has 2 aromatic carbocycles. The molecule has 7 nitrogen and oxygen atoms in total. The molecule has 3 amide bonds. The fourth-order valence-electron chi connectivity index (χ4n) is 3.42. The summed E-state index contributed by atoms with van der Waals surface area (Å²) in [4.78, 5) is 27.3. The number of amides is 3. The average Bonchev–Trinajstić information content (AvgIpc) is 3.18. The minimum Gasteiger partial charge on any atom is -0.315 e. The Morgan fingerprint density at radius 3 is 2.37 bits per heavy atom. The van der Waals surface area contributed by atoms with Crippen LogP contribution in [0.3, 0.4) is 0 Å². The molecule has 186 valence electrons. The van der Waals surface area contributed by atoms with Crippen LogP contribution in [0, 0.1) is 11.7 Å². The lowest BCUT2D eigenvalue weighted by Crippen LogP contribution is -2.42. The van der Waals surface area contributed by atoms with Crippen LogP contribution in [-0.2, 0) is 10.2 Å². The maximum atomic E-state index is 14.0. The van der Waals surface area contributed by atoms with Gasteiger partial charge in [0.25, 0.3) is 0 Å². The molecule has 9 heteroatoms. The Balaban J connectivity index is 1.84. The van der Waals surface area contributed by atoms with E-state index in [1.807, 2.05) is 52.8 Å². The molecule has 35 heavy (non-hydrogen) atoms. The number of hydrogen-bond acceptors (Lipinski definition) is 3. The molecule has 3 aromatic rings. The average molecular weight is 500 g/mol. The second kappa shape index (κ2) is 10.9. The van der Waals surface area contributed by atoms with E-state index in [1.165, 1.54) is 23.1 Å². The number of hydrogen-bond donors (Lipinski definition) is 2. The second-order valence-electron chi connectivity index (χ2n) is 9.76. The molecule has 0 unspecified atom stereocenters. The first kappa shape index (κ1) is 26.2. The van der Waals surface area contributed by atoms with Crippen LogP contribution in [0.15, 0.2) is 54.6 Å². The van der Waals surface area contributed by atoms with Gasteiger partial charge in [-0.1, -0.05) is 70.5 Å². The Kier molecular flexibility index (Phi) is 8.17. The van der Waals surface area contributed by atoms with Gasteiger partial charge in [0.05, 0.1) is 22.1 Å². The van der Waals surface area contributed by atoms with Gasteiger partial charge in [0.1, 0.15) is 18.2 Å². The van der Waals surface area contributed by atoms with Crippen molar-refractivity contribution in [3.8, 4) is 5.69 Å². The molecule has 0 atom stereocenters. The van der Waals surface area contributed by atoms with Gasteiger partial charge in [-0.05, 0) is 30.2 Å². The van der Waals surface area contributed by atoms with Crippen LogP contribution in [0.2, 0.25) is 5.02 Å². The van der Waals surface area contributed by atoms with E-state index in [9.17, 15) is 14.0 Å². The normalized spacial score (nSPS) is 11.4. The maximum absolute atomic E-state index is 14.0. The summed E-state index contributed by atoms with van der Waals surface area (Å²) in [6.07, 6.45) is 0. The van der Waals surface area contributed by atoms with Crippen LogP contribution in [0.5, 0.6) is 0 Å². The van der Waals surface area contributed by atoms with Gasteiger partial charge in [0.2, 0.25) is 5.91 Å². The van der Waals surface area contributed by atoms with Gasteiger partial charge in [-0.2, -0.15) is 5.10 Å². The molecule has 0 bridgehead atoms. The number of carbonyl (C=O) groups is 2. The summed E-state index contributed by atoms with van der Waals surface area (Å²) in [6, 6.07) is 14.3. The van der Waals surface area contributed by atoms with Crippen molar-refractivity contribution in [3.05, 3.63) is 71.1 Å². The number of aromatic nitrogens is 2. The van der Waals surface area contributed by atoms with E-state index in [4.69, 9.17) is 11.6 Å². The van der Waals surface area contributed by atoms with Gasteiger partial charge in [0.15, 0.2) is 0 Å². The van der Waals surface area contributed by atoms with E-state index >= 15 is 0 Å². The van der Waals surface area contributed by atoms with Crippen molar-refractivity contribution in [2.75, 3.05) is 23.7 Å². The van der Waals surface area contributed by atoms with E-state index in [0.717, 1.165) is 5.69 Å². The first-order valence-corrected chi connectivity index (χ1v) is 11.8. The number of para-hydroxylation sites is 2. The topological polar surface area (TPSA) is 79.3 Å². The number of anilines is 2. The molecule has 0 aliphatic rings. The molecule has 0 spiro atoms. The van der Waals surface area contributed by atoms with Gasteiger partial charge in [-0.3, -0.25) is 4.79 Å². The highest BCUT2D eigenvalue weighted by Crippen LogP contribution is 2.29. The second-order valence-corrected chi connectivity index (χ2v) is 10.2. The summed E-state index contributed by atoms with van der Waals surface area (Å²) in [5, 5.41) is 10.6. The van der Waals surface area contributed by atoms with Crippen molar-refractivity contribution < 1.29 is 14.0 Å². The molecule has 0 aliphatic heterocycles. The summed E-state index contributed by atoms with van der Waals surface area (Å²) in [5.74, 6) is -0.432. The molecular weight excluding hydrogens is 469 g/mol. The first-order valence-electron chi connectivity index (χ1n) is 11.4. The highest BCUT2D eigenvalue weighted by atomic mass is 35.5. The van der Waals surface area contributed by atoms with E-state index < -0.39 is 17.8 Å². The standard InChI is InChI=1S/C26H31ClFN5O2/c1-17(2)15-32(25(35)29-20-12-8-7-11-19(20)28)16-24(34)30-23-14-22(26(3,4)5)31-33(23)21-13-9-6-10-18(21)27/h6-14,17H,15-16H2,1-5H3,(H,29,35)(H,30,34). The minimum absolute atomic E-state index is 0.0540. The van der Waals surface area contributed by atoms with Crippen LogP contribution in [-0.4, -0.2) is 39.7 Å². The fraction of sp³-hybridized carbons (Fsp3) is 0.346. The van der Waals surface area contributed by atoms with Crippen LogP contribution in [0.25, 0.3) is 5.69 Å². The molecule has 0 aliphatic carbocycles. The molecule has 1 aromatic heterocycles. The van der Waals surface area contributed by atoms with E-state index in [1.54, 1.807) is 22.9 Å². The molecule has 0 saturated heterocycles. The third-order valence-electron chi connectivity index (χ3n) is 5.15. The number of halogens is 2. The highest BCUT2D eigenvalue weighted by molar-refractivity contribution is 6.32. The van der Waals surface area contributed by atoms with Crippen molar-refractivity contribution in [2.24, 2.45) is 5.92 Å². The molecule has 0 fully saturated rings. The summed E-state index contributed by atoms with van der Waals surface area (Å²) < 4.78 is 15.6. The van der Waals surface area contributed by atoms with Crippen molar-refractivity contribution in [3.63, 3.8) is 0 Å². The van der Waals surface area contributed by atoms with Gasteiger partial charge in [0, 0.05) is 18.0 Å². The zero-order valence-electron chi connectivity index (χ0n) is 20.6. The highest BCUT2D eigenvalue weighted by Gasteiger charge is 2.24. The van der Waals surface area contributed by atoms with Crippen molar-refractivity contribution >= 4 is 35.0 Å². The Morgan fingerprint density at radius 1 is 1.09 bits per heavy atom. The quantitative estimate of drug-likeness (QED) is 0.412. The van der Waals surface area contributed by atoms with Crippen molar-refractivity contribution in [2.45, 2.75) is 40.0 Å². The lowest BCUT2D eigenvalue weighted by atomic mass is 9.92. The van der Waals surface area contributed by atoms with Crippen molar-refractivity contribution in [1.29, 1.82) is 0 Å². The van der Waals surface area contributed by atoms with Gasteiger partial charge in [-0.25, -0.2) is 13.9 Å². The SMILES string of the molecule is CC(C)CN(CC(=O)Nc1cc(C(C)(C)C)nn1-c1ccccc1Cl)C(=O)Nc1ccccc1F. The van der Waals surface area contributed by atoms with Crippen LogP contribution < -0.4 is 10.6 Å². The number of nitrogens with one attached hydrogen (secondary N) is 2. The number of carbonyl (C=O) groups excluding carboxylic acids is 2. The Bertz CT molecular complexity index is 1200. The fourth-order valence-corrected chi connectivity index (χ4v) is 3.63. The largest absolute Gasteiger partial charge is 0.322 e. The van der Waals surface area contributed by atoms with Gasteiger partial charge < -0.3 is 15.5 Å². The zero-order valence-corrected chi connectivity index (χ0v) is 21.4. The third-order valence-corrected chi connectivity index (χ3v) is 5.47. The summed E-state index contributed by atoms with van der Waals surface area (Å²) >= 11 is 6.40. The number of benzene rings is 2. The minimum atomic E-state index is -0.561. The lowest BCUT2D eigenvalue weighted by Gasteiger charge is -2.24. The molecular formula is C26H31ClFN5O2. The molecule has 0 saturated carbocycles. The van der Waals surface area contributed by atoms with E-state index in [-0.39, 0.29) is 23.6 Å². The van der Waals surface area contributed by atoms with Gasteiger partial charge in [-0.15, -0.1) is 0 Å². The Labute approximate surface area is 210 Å². The molecule has 3 rings (SSSR count). The zero-order chi connectivity index (χ0) is 25.8. The number of rotatable bonds is 7. The predicted molar refractivity (Wildman–Crippen MR) is 138 cm³/mol. The van der Waals surface area contributed by atoms with Crippen molar-refractivity contribution in [1.82, 2.24) is 14.7 Å². The van der Waals surface area contributed by atoms with Crippen LogP contribution in [0.1, 0.15) is 40.3 Å². The lowest BCUT2D eigenvalue weighted by molar-refractivity contribution is -0.116. The summed E-state index contributed by atoms with van der Waals surface area (Å²) in [7, 11) is 0. The molecule has 2 N–H and O–H groups in total. The molecule has 0 radical (unpaired) electrons. The monoisotopic (exact) mass is 499 g/mol. The van der Waals surface area contributed by atoms with E-state index in [0.29, 0.717) is 23.1 Å². The maximum Gasteiger partial charge on any atom is 0.322 e. The number of urea groups is 1. The Hall–Kier alpha value is -3.39. The van der Waals surface area contributed by atoms with Crippen LogP contribution in [0.4, 0.5) is 20.7 Å². The van der Waals surface area contributed by atoms with E-state index in [2.05, 4.69) is 15.7 Å². The predicted octanol–water partition coefficient (Wildman–Crippen LogP) is 6.09.